The molecule has 0 fully saturated rings. The second-order valence-corrected chi connectivity index (χ2v) is 8.77. The van der Waals surface area contributed by atoms with Crippen molar-refractivity contribution in [1.29, 1.82) is 0 Å². The van der Waals surface area contributed by atoms with E-state index in [1.165, 1.54) is 5.56 Å². The zero-order valence-electron chi connectivity index (χ0n) is 13.9. The molecule has 2 rings (SSSR count). The molecule has 0 aliphatic rings. The van der Waals surface area contributed by atoms with Gasteiger partial charge in [0.05, 0.1) is 0 Å². The van der Waals surface area contributed by atoms with E-state index in [1.807, 2.05) is 49.4 Å². The van der Waals surface area contributed by atoms with Crippen molar-refractivity contribution in [3.05, 3.63) is 70.3 Å². The first kappa shape index (κ1) is 17.8. The third-order valence-corrected chi connectivity index (χ3v) is 4.55. The minimum atomic E-state index is -0.0279. The van der Waals surface area contributed by atoms with Crippen molar-refractivity contribution in [2.75, 3.05) is 0 Å². The highest BCUT2D eigenvalue weighted by atomic mass is 35.5. The molecule has 1 nitrogen and oxygen atoms in total. The zero-order chi connectivity index (χ0) is 17.0. The van der Waals surface area contributed by atoms with Gasteiger partial charge in [-0.2, -0.15) is 0 Å². The van der Waals surface area contributed by atoms with E-state index in [0.717, 1.165) is 10.5 Å². The number of halogens is 1. The van der Waals surface area contributed by atoms with E-state index in [0.29, 0.717) is 10.6 Å². The number of ketones is 1. The van der Waals surface area contributed by atoms with Crippen molar-refractivity contribution in [2.45, 2.75) is 37.3 Å². The van der Waals surface area contributed by atoms with Gasteiger partial charge in [-0.3, -0.25) is 4.79 Å². The Morgan fingerprint density at radius 3 is 2.35 bits per heavy atom. The van der Waals surface area contributed by atoms with Gasteiger partial charge in [-0.15, -0.1) is 11.8 Å². The molecule has 0 radical (unpaired) electrons. The number of benzene rings is 2. The van der Waals surface area contributed by atoms with E-state index in [9.17, 15) is 4.79 Å². The van der Waals surface area contributed by atoms with Gasteiger partial charge in [0.2, 0.25) is 0 Å². The molecule has 0 atom stereocenters. The van der Waals surface area contributed by atoms with Crippen LogP contribution in [-0.4, -0.2) is 10.5 Å². The lowest BCUT2D eigenvalue weighted by molar-refractivity contribution is 0.104. The summed E-state index contributed by atoms with van der Waals surface area (Å²) in [5, 5.41) is 0.579. The molecular weight excluding hydrogens is 324 g/mol. The van der Waals surface area contributed by atoms with Crippen molar-refractivity contribution in [3.8, 4) is 0 Å². The second kappa shape index (κ2) is 7.37. The Bertz CT molecular complexity index is 724. The summed E-state index contributed by atoms with van der Waals surface area (Å²) in [6, 6.07) is 13.6. The maximum atomic E-state index is 12.6. The van der Waals surface area contributed by atoms with Gasteiger partial charge in [-0.1, -0.05) is 68.3 Å². The predicted octanol–water partition coefficient (Wildman–Crippen LogP) is 6.44. The van der Waals surface area contributed by atoms with Crippen LogP contribution in [0.5, 0.6) is 0 Å². The first-order valence-corrected chi connectivity index (χ1v) is 8.72. The van der Waals surface area contributed by atoms with Crippen LogP contribution in [0, 0.1) is 6.92 Å². The average molecular weight is 345 g/mol. The molecule has 0 spiro atoms. The van der Waals surface area contributed by atoms with Gasteiger partial charge in [0, 0.05) is 20.2 Å². The number of hydrogen-bond acceptors (Lipinski definition) is 2. The van der Waals surface area contributed by atoms with Crippen LogP contribution < -0.4 is 0 Å². The molecule has 0 amide bonds. The van der Waals surface area contributed by atoms with Crippen LogP contribution >= 0.6 is 23.4 Å². The highest BCUT2D eigenvalue weighted by Gasteiger charge is 2.17. The first-order chi connectivity index (χ1) is 10.7. The van der Waals surface area contributed by atoms with Crippen molar-refractivity contribution >= 4 is 35.2 Å². The summed E-state index contributed by atoms with van der Waals surface area (Å²) in [5.41, 5.74) is 2.86. The number of carbonyl (C=O) groups excluding carboxylic acids is 1. The van der Waals surface area contributed by atoms with Gasteiger partial charge in [-0.25, -0.2) is 0 Å². The van der Waals surface area contributed by atoms with Gasteiger partial charge in [-0.05, 0) is 36.8 Å². The third-order valence-electron chi connectivity index (χ3n) is 3.13. The average Bonchev–Trinajstić information content (AvgIpc) is 2.47. The summed E-state index contributed by atoms with van der Waals surface area (Å²) in [4.78, 5) is 13.5. The van der Waals surface area contributed by atoms with E-state index in [4.69, 9.17) is 11.6 Å². The predicted molar refractivity (Wildman–Crippen MR) is 102 cm³/mol. The van der Waals surface area contributed by atoms with Gasteiger partial charge in [0.1, 0.15) is 0 Å². The summed E-state index contributed by atoms with van der Waals surface area (Å²) < 4.78 is 0.0313. The number of thioether (sulfide) groups is 1. The van der Waals surface area contributed by atoms with Gasteiger partial charge in [0.25, 0.3) is 0 Å². The van der Waals surface area contributed by atoms with Crippen LogP contribution in [0.25, 0.3) is 6.08 Å². The Morgan fingerprint density at radius 1 is 1.09 bits per heavy atom. The molecule has 0 N–H and O–H groups in total. The van der Waals surface area contributed by atoms with Crippen molar-refractivity contribution in [2.24, 2.45) is 0 Å². The molecular formula is C20H21ClOS. The van der Waals surface area contributed by atoms with Crippen molar-refractivity contribution < 1.29 is 4.79 Å². The van der Waals surface area contributed by atoms with Crippen LogP contribution in [0.2, 0.25) is 5.02 Å². The minimum absolute atomic E-state index is 0.0279. The molecule has 0 aliphatic heterocycles. The Kier molecular flexibility index (Phi) is 5.72. The summed E-state index contributed by atoms with van der Waals surface area (Å²) >= 11 is 7.76. The van der Waals surface area contributed by atoms with Crippen LogP contribution in [0.15, 0.2) is 53.4 Å². The zero-order valence-corrected chi connectivity index (χ0v) is 15.5. The topological polar surface area (TPSA) is 17.1 Å². The smallest absolute Gasteiger partial charge is 0.187 e. The highest BCUT2D eigenvalue weighted by molar-refractivity contribution is 8.00. The van der Waals surface area contributed by atoms with Crippen LogP contribution in [0.1, 0.15) is 42.3 Å². The molecule has 0 saturated carbocycles. The Morgan fingerprint density at radius 2 is 1.74 bits per heavy atom. The molecule has 3 heteroatoms. The molecule has 23 heavy (non-hydrogen) atoms. The molecule has 0 saturated heterocycles. The third kappa shape index (κ3) is 5.56. The molecule has 0 bridgehead atoms. The monoisotopic (exact) mass is 344 g/mol. The molecule has 2 aromatic rings. The largest absolute Gasteiger partial charge is 0.289 e. The van der Waals surface area contributed by atoms with E-state index >= 15 is 0 Å². The number of hydrogen-bond donors (Lipinski definition) is 0. The molecule has 0 aromatic heterocycles. The van der Waals surface area contributed by atoms with Crippen LogP contribution in [-0.2, 0) is 0 Å². The molecule has 2 aromatic carbocycles. The molecule has 120 valence electrons. The first-order valence-electron chi connectivity index (χ1n) is 7.52. The van der Waals surface area contributed by atoms with Crippen LogP contribution in [0.3, 0.4) is 0 Å². The lowest BCUT2D eigenvalue weighted by atomic mass is 10.1. The maximum absolute atomic E-state index is 12.6. The van der Waals surface area contributed by atoms with Crippen LogP contribution in [0.4, 0.5) is 0 Å². The van der Waals surface area contributed by atoms with E-state index < -0.39 is 0 Å². The van der Waals surface area contributed by atoms with E-state index in [2.05, 4.69) is 20.8 Å². The normalized spacial score (nSPS) is 11.9. The lowest BCUT2D eigenvalue weighted by Crippen LogP contribution is -2.09. The highest BCUT2D eigenvalue weighted by Crippen LogP contribution is 2.35. The van der Waals surface area contributed by atoms with Gasteiger partial charge < -0.3 is 0 Å². The lowest BCUT2D eigenvalue weighted by Gasteiger charge is -2.19. The van der Waals surface area contributed by atoms with Gasteiger partial charge >= 0.3 is 0 Å². The summed E-state index contributed by atoms with van der Waals surface area (Å²) in [7, 11) is 0. The summed E-state index contributed by atoms with van der Waals surface area (Å²) in [6.45, 7) is 8.43. The van der Waals surface area contributed by atoms with E-state index in [-0.39, 0.29) is 10.5 Å². The number of rotatable bonds is 4. The Hall–Kier alpha value is -1.51. The molecule has 0 aliphatic carbocycles. The number of aryl methyl sites for hydroxylation is 1. The van der Waals surface area contributed by atoms with Crippen molar-refractivity contribution in [3.63, 3.8) is 0 Å². The number of carbonyl (C=O) groups is 1. The minimum Gasteiger partial charge on any atom is -0.289 e. The Balaban J connectivity index is 2.27. The summed E-state index contributed by atoms with van der Waals surface area (Å²) in [5.74, 6) is -0.0279. The fourth-order valence-electron chi connectivity index (χ4n) is 2.05. The molecule has 0 unspecified atom stereocenters. The quantitative estimate of drug-likeness (QED) is 0.361. The van der Waals surface area contributed by atoms with E-state index in [1.54, 1.807) is 23.9 Å². The second-order valence-electron chi connectivity index (χ2n) is 6.46. The van der Waals surface area contributed by atoms with Gasteiger partial charge in [0.15, 0.2) is 5.78 Å². The standard InChI is InChI=1S/C20H21ClOS/c1-14-5-7-15(8-6-14)9-11-18(22)17-13-16(21)10-12-19(17)23-20(2,3)4/h5-13H,1-4H3/b11-9+. The fraction of sp³-hybridized carbons (Fsp3) is 0.250. The molecule has 0 heterocycles. The number of allylic oxidation sites excluding steroid dienone is 1. The maximum Gasteiger partial charge on any atom is 0.187 e. The van der Waals surface area contributed by atoms with Crippen molar-refractivity contribution in [1.82, 2.24) is 0 Å². The summed E-state index contributed by atoms with van der Waals surface area (Å²) in [6.07, 6.45) is 3.46. The SMILES string of the molecule is Cc1ccc(/C=C/C(=O)c2cc(Cl)ccc2SC(C)(C)C)cc1. The Labute approximate surface area is 147 Å². The fourth-order valence-corrected chi connectivity index (χ4v) is 3.29.